The molecule has 0 aromatic heterocycles. The Bertz CT molecular complexity index is 472. The molecule has 2 nitrogen and oxygen atoms in total. The maximum Gasteiger partial charge on any atom is 0.126 e. The van der Waals surface area contributed by atoms with Crippen molar-refractivity contribution in [1.29, 1.82) is 0 Å². The lowest BCUT2D eigenvalue weighted by Crippen LogP contribution is -2.49. The number of rotatable bonds is 3. The van der Waals surface area contributed by atoms with Gasteiger partial charge in [-0.1, -0.05) is 18.2 Å². The van der Waals surface area contributed by atoms with Gasteiger partial charge in [0.25, 0.3) is 0 Å². The number of fused-ring (bicyclic) bond motifs is 2. The van der Waals surface area contributed by atoms with Crippen LogP contribution in [0.5, 0.6) is 0 Å². The monoisotopic (exact) mass is 261 g/mol. The van der Waals surface area contributed by atoms with Crippen LogP contribution >= 0.6 is 0 Å². The SMILES string of the molecule is Fc1ccccc1C1CC(NC2CC3CCC2O3)C1. The van der Waals surface area contributed by atoms with Crippen molar-refractivity contribution in [3.8, 4) is 0 Å². The van der Waals surface area contributed by atoms with E-state index in [1.54, 1.807) is 12.1 Å². The minimum Gasteiger partial charge on any atom is -0.373 e. The van der Waals surface area contributed by atoms with Crippen molar-refractivity contribution in [2.45, 2.75) is 62.3 Å². The fraction of sp³-hybridized carbons (Fsp3) is 0.625. The average molecular weight is 261 g/mol. The van der Waals surface area contributed by atoms with Crippen molar-refractivity contribution in [3.05, 3.63) is 35.6 Å². The van der Waals surface area contributed by atoms with Gasteiger partial charge in [-0.15, -0.1) is 0 Å². The highest BCUT2D eigenvalue weighted by molar-refractivity contribution is 5.24. The highest BCUT2D eigenvalue weighted by Gasteiger charge is 2.43. The highest BCUT2D eigenvalue weighted by Crippen LogP contribution is 2.40. The number of hydrogen-bond donors (Lipinski definition) is 1. The first-order chi connectivity index (χ1) is 9.29. The third-order valence-electron chi connectivity index (χ3n) is 5.04. The van der Waals surface area contributed by atoms with E-state index in [2.05, 4.69) is 5.32 Å². The number of halogens is 1. The number of ether oxygens (including phenoxy) is 1. The summed E-state index contributed by atoms with van der Waals surface area (Å²) in [5.74, 6) is 0.354. The molecule has 1 aromatic carbocycles. The van der Waals surface area contributed by atoms with Gasteiger partial charge in [0.1, 0.15) is 5.82 Å². The molecule has 2 saturated heterocycles. The summed E-state index contributed by atoms with van der Waals surface area (Å²) in [5, 5.41) is 3.72. The van der Waals surface area contributed by atoms with Crippen LogP contribution in [0.1, 0.15) is 43.6 Å². The highest BCUT2D eigenvalue weighted by atomic mass is 19.1. The van der Waals surface area contributed by atoms with E-state index in [-0.39, 0.29) is 5.82 Å². The minimum absolute atomic E-state index is 0.0470. The van der Waals surface area contributed by atoms with Crippen LogP contribution in [0, 0.1) is 5.82 Å². The van der Waals surface area contributed by atoms with Crippen LogP contribution in [0.2, 0.25) is 0 Å². The van der Waals surface area contributed by atoms with E-state index in [1.807, 2.05) is 12.1 Å². The van der Waals surface area contributed by atoms with Crippen LogP contribution in [0.25, 0.3) is 0 Å². The maximum absolute atomic E-state index is 13.7. The third kappa shape index (κ3) is 2.09. The molecule has 1 N–H and O–H groups in total. The molecule has 3 aliphatic rings. The van der Waals surface area contributed by atoms with Gasteiger partial charge < -0.3 is 10.1 Å². The van der Waals surface area contributed by atoms with Gasteiger partial charge >= 0.3 is 0 Å². The number of nitrogens with one attached hydrogen (secondary N) is 1. The predicted octanol–water partition coefficient (Wildman–Crippen LogP) is 2.98. The van der Waals surface area contributed by atoms with Crippen LogP contribution in [0.3, 0.4) is 0 Å². The Morgan fingerprint density at radius 1 is 1.11 bits per heavy atom. The van der Waals surface area contributed by atoms with Gasteiger partial charge in [-0.3, -0.25) is 0 Å². The molecule has 3 unspecified atom stereocenters. The molecule has 3 atom stereocenters. The first kappa shape index (κ1) is 11.9. The van der Waals surface area contributed by atoms with E-state index in [9.17, 15) is 4.39 Å². The average Bonchev–Trinajstić information content (AvgIpc) is 2.96. The molecule has 2 aliphatic heterocycles. The van der Waals surface area contributed by atoms with Crippen LogP contribution in [0.4, 0.5) is 4.39 Å². The zero-order valence-corrected chi connectivity index (χ0v) is 11.0. The second-order valence-electron chi connectivity index (χ2n) is 6.27. The lowest BCUT2D eigenvalue weighted by Gasteiger charge is -2.39. The summed E-state index contributed by atoms with van der Waals surface area (Å²) in [6.07, 6.45) is 6.70. The smallest absolute Gasteiger partial charge is 0.126 e. The van der Waals surface area contributed by atoms with E-state index in [1.165, 1.54) is 19.3 Å². The predicted molar refractivity (Wildman–Crippen MR) is 71.6 cm³/mol. The van der Waals surface area contributed by atoms with Gasteiger partial charge in [-0.05, 0) is 49.7 Å². The Kier molecular flexibility index (Phi) is 2.85. The quantitative estimate of drug-likeness (QED) is 0.903. The van der Waals surface area contributed by atoms with Crippen molar-refractivity contribution in [3.63, 3.8) is 0 Å². The molecule has 2 bridgehead atoms. The molecule has 2 heterocycles. The van der Waals surface area contributed by atoms with E-state index >= 15 is 0 Å². The number of hydrogen-bond acceptors (Lipinski definition) is 2. The van der Waals surface area contributed by atoms with Crippen molar-refractivity contribution in [2.75, 3.05) is 0 Å². The van der Waals surface area contributed by atoms with Gasteiger partial charge in [0, 0.05) is 12.1 Å². The largest absolute Gasteiger partial charge is 0.373 e. The standard InChI is InChI=1S/C16H20FNO/c17-14-4-2-1-3-13(14)10-7-11(8-10)18-15-9-12-5-6-16(15)19-12/h1-4,10-12,15-16,18H,5-9H2. The van der Waals surface area contributed by atoms with Crippen molar-refractivity contribution in [2.24, 2.45) is 0 Å². The molecule has 0 amide bonds. The summed E-state index contributed by atoms with van der Waals surface area (Å²) in [6.45, 7) is 0. The van der Waals surface area contributed by atoms with E-state index in [0.29, 0.717) is 30.2 Å². The van der Waals surface area contributed by atoms with E-state index in [4.69, 9.17) is 4.74 Å². The zero-order valence-electron chi connectivity index (χ0n) is 11.0. The second-order valence-corrected chi connectivity index (χ2v) is 6.27. The van der Waals surface area contributed by atoms with E-state index in [0.717, 1.165) is 18.4 Å². The van der Waals surface area contributed by atoms with Crippen LogP contribution < -0.4 is 5.32 Å². The molecular weight excluding hydrogens is 241 g/mol. The molecule has 3 heteroatoms. The molecule has 102 valence electrons. The molecule has 1 aromatic rings. The fourth-order valence-corrected chi connectivity index (χ4v) is 3.93. The molecule has 0 spiro atoms. The normalized spacial score (nSPS) is 40.4. The lowest BCUT2D eigenvalue weighted by atomic mass is 9.75. The van der Waals surface area contributed by atoms with Crippen molar-refractivity contribution < 1.29 is 9.13 Å². The Hall–Kier alpha value is -0.930. The van der Waals surface area contributed by atoms with Crippen molar-refractivity contribution in [1.82, 2.24) is 5.32 Å². The summed E-state index contributed by atoms with van der Waals surface area (Å²) >= 11 is 0. The Balaban J connectivity index is 1.32. The summed E-state index contributed by atoms with van der Waals surface area (Å²) in [5.41, 5.74) is 0.893. The first-order valence-electron chi connectivity index (χ1n) is 7.45. The summed E-state index contributed by atoms with van der Waals surface area (Å²) in [4.78, 5) is 0. The zero-order chi connectivity index (χ0) is 12.8. The van der Waals surface area contributed by atoms with Crippen molar-refractivity contribution >= 4 is 0 Å². The summed E-state index contributed by atoms with van der Waals surface area (Å²) < 4.78 is 19.5. The lowest BCUT2D eigenvalue weighted by molar-refractivity contribution is 0.0931. The molecule has 1 saturated carbocycles. The molecular formula is C16H20FNO. The van der Waals surface area contributed by atoms with Gasteiger partial charge in [0.05, 0.1) is 12.2 Å². The molecule has 4 rings (SSSR count). The van der Waals surface area contributed by atoms with Crippen LogP contribution in [-0.4, -0.2) is 24.3 Å². The number of benzene rings is 1. The Labute approximate surface area is 113 Å². The molecule has 19 heavy (non-hydrogen) atoms. The Morgan fingerprint density at radius 3 is 2.63 bits per heavy atom. The first-order valence-corrected chi connectivity index (χ1v) is 7.45. The topological polar surface area (TPSA) is 21.3 Å². The summed E-state index contributed by atoms with van der Waals surface area (Å²) in [7, 11) is 0. The second kappa shape index (κ2) is 4.57. The minimum atomic E-state index is -0.0470. The third-order valence-corrected chi connectivity index (χ3v) is 5.04. The summed E-state index contributed by atoms with van der Waals surface area (Å²) in [6, 6.07) is 8.29. The molecule has 3 fully saturated rings. The van der Waals surface area contributed by atoms with Gasteiger partial charge in [0.15, 0.2) is 0 Å². The van der Waals surface area contributed by atoms with E-state index < -0.39 is 0 Å². The van der Waals surface area contributed by atoms with Crippen LogP contribution in [-0.2, 0) is 4.74 Å². The Morgan fingerprint density at radius 2 is 1.95 bits per heavy atom. The fourth-order valence-electron chi connectivity index (χ4n) is 3.93. The van der Waals surface area contributed by atoms with Gasteiger partial charge in [-0.2, -0.15) is 0 Å². The van der Waals surface area contributed by atoms with Gasteiger partial charge in [0.2, 0.25) is 0 Å². The van der Waals surface area contributed by atoms with Gasteiger partial charge in [-0.25, -0.2) is 4.39 Å². The maximum atomic E-state index is 13.7. The molecule has 1 aliphatic carbocycles. The van der Waals surface area contributed by atoms with Crippen LogP contribution in [0.15, 0.2) is 24.3 Å². The molecule has 0 radical (unpaired) electrons.